The van der Waals surface area contributed by atoms with E-state index in [1.54, 1.807) is 12.1 Å². The number of benzene rings is 1. The number of hydrogen-bond acceptors (Lipinski definition) is 5. The van der Waals surface area contributed by atoms with Crippen LogP contribution in [0, 0.1) is 5.82 Å². The number of halogens is 2. The maximum atomic E-state index is 13.6. The van der Waals surface area contributed by atoms with E-state index in [0.29, 0.717) is 47.7 Å². The first-order valence-electron chi connectivity index (χ1n) is 8.98. The maximum absolute atomic E-state index is 13.6. The maximum Gasteiger partial charge on any atom is 0.213 e. The molecule has 2 aromatic rings. The fourth-order valence-corrected chi connectivity index (χ4v) is 3.40. The second-order valence-corrected chi connectivity index (χ2v) is 8.84. The first-order chi connectivity index (χ1) is 13.8. The highest BCUT2D eigenvalue weighted by molar-refractivity contribution is 7.89. The first-order valence-corrected chi connectivity index (χ1v) is 11.4. The van der Waals surface area contributed by atoms with Crippen LogP contribution in [-0.2, 0) is 22.1 Å². The Morgan fingerprint density at radius 2 is 2.03 bits per heavy atom. The zero-order valence-electron chi connectivity index (χ0n) is 16.3. The molecule has 2 rings (SSSR count). The fourth-order valence-electron chi connectivity index (χ4n) is 2.44. The topological polar surface area (TPSA) is 92.7 Å². The number of hydrogen-bond donors (Lipinski definition) is 2. The highest BCUT2D eigenvalue weighted by atomic mass is 35.5. The van der Waals surface area contributed by atoms with Gasteiger partial charge in [0.25, 0.3) is 0 Å². The first kappa shape index (κ1) is 22.9. The average molecular weight is 443 g/mol. The van der Waals surface area contributed by atoms with Gasteiger partial charge in [0, 0.05) is 25.1 Å². The molecule has 1 aromatic carbocycles. The van der Waals surface area contributed by atoms with Crippen molar-refractivity contribution < 1.29 is 17.5 Å². The third kappa shape index (κ3) is 8.66. The summed E-state index contributed by atoms with van der Waals surface area (Å²) in [5, 5.41) is 6.71. The second-order valence-electron chi connectivity index (χ2n) is 6.27. The van der Waals surface area contributed by atoms with Crippen molar-refractivity contribution in [2.75, 3.05) is 26.0 Å². The largest absolute Gasteiger partial charge is 0.476 e. The van der Waals surface area contributed by atoms with E-state index < -0.39 is 15.7 Å². The normalized spacial score (nSPS) is 11.9. The molecule has 0 amide bonds. The highest BCUT2D eigenvalue weighted by Crippen LogP contribution is 2.15. The van der Waals surface area contributed by atoms with Gasteiger partial charge in [0.15, 0.2) is 15.8 Å². The lowest BCUT2D eigenvalue weighted by Gasteiger charge is -2.13. The molecular formula is C19H24ClFN4O3S. The summed E-state index contributed by atoms with van der Waals surface area (Å²) in [7, 11) is -3.24. The van der Waals surface area contributed by atoms with Crippen molar-refractivity contribution in [1.29, 1.82) is 0 Å². The molecule has 2 N–H and O–H groups in total. The van der Waals surface area contributed by atoms with E-state index in [4.69, 9.17) is 16.3 Å². The molecule has 0 unspecified atom stereocenters. The molecule has 0 saturated carbocycles. The van der Waals surface area contributed by atoms with Gasteiger partial charge in [-0.25, -0.2) is 22.8 Å². The third-order valence-corrected chi connectivity index (χ3v) is 4.74. The zero-order chi connectivity index (χ0) is 21.3. The number of rotatable bonds is 9. The minimum absolute atomic E-state index is 0.136. The Labute approximate surface area is 175 Å². The quantitative estimate of drug-likeness (QED) is 0.352. The summed E-state index contributed by atoms with van der Waals surface area (Å²) in [5.74, 6) is 0.372. The van der Waals surface area contributed by atoms with Crippen molar-refractivity contribution in [1.82, 2.24) is 15.6 Å². The van der Waals surface area contributed by atoms with Crippen molar-refractivity contribution in [2.45, 2.75) is 19.2 Å². The molecule has 0 bridgehead atoms. The Balaban J connectivity index is 1.97. The number of sulfone groups is 1. The van der Waals surface area contributed by atoms with E-state index in [9.17, 15) is 12.8 Å². The molecule has 0 spiro atoms. The van der Waals surface area contributed by atoms with Crippen molar-refractivity contribution in [2.24, 2.45) is 4.99 Å². The van der Waals surface area contributed by atoms with Crippen LogP contribution in [0.3, 0.4) is 0 Å². The molecule has 0 aliphatic rings. The van der Waals surface area contributed by atoms with Gasteiger partial charge in [-0.3, -0.25) is 0 Å². The predicted octanol–water partition coefficient (Wildman–Crippen LogP) is 2.55. The van der Waals surface area contributed by atoms with Crippen molar-refractivity contribution in [3.05, 3.63) is 58.5 Å². The smallest absolute Gasteiger partial charge is 0.213 e. The van der Waals surface area contributed by atoms with Gasteiger partial charge in [0.05, 0.1) is 23.9 Å². The number of nitrogens with one attached hydrogen (secondary N) is 2. The van der Waals surface area contributed by atoms with Crippen LogP contribution in [0.15, 0.2) is 41.5 Å². The van der Waals surface area contributed by atoms with E-state index in [1.807, 2.05) is 6.92 Å². The SMILES string of the molecule is CCNC(=NCc1cc(F)ccc1CS(C)(=O)=O)NCCOc1ccc(Cl)cn1. The van der Waals surface area contributed by atoms with Crippen LogP contribution >= 0.6 is 11.6 Å². The molecule has 10 heteroatoms. The van der Waals surface area contributed by atoms with Gasteiger partial charge in [-0.2, -0.15) is 0 Å². The Morgan fingerprint density at radius 3 is 2.69 bits per heavy atom. The van der Waals surface area contributed by atoms with Crippen LogP contribution in [0.1, 0.15) is 18.1 Å². The number of ether oxygens (including phenoxy) is 1. The Bertz CT molecular complexity index is 937. The van der Waals surface area contributed by atoms with Gasteiger partial charge in [0.1, 0.15) is 12.4 Å². The monoisotopic (exact) mass is 442 g/mol. The number of pyridine rings is 1. The summed E-state index contributed by atoms with van der Waals surface area (Å²) >= 11 is 5.78. The summed E-state index contributed by atoms with van der Waals surface area (Å²) in [6.45, 7) is 3.48. The van der Waals surface area contributed by atoms with Gasteiger partial charge in [-0.15, -0.1) is 0 Å². The molecular weight excluding hydrogens is 419 g/mol. The minimum Gasteiger partial charge on any atom is -0.476 e. The average Bonchev–Trinajstić information content (AvgIpc) is 2.65. The third-order valence-electron chi connectivity index (χ3n) is 3.68. The predicted molar refractivity (Wildman–Crippen MR) is 113 cm³/mol. The van der Waals surface area contributed by atoms with E-state index in [0.717, 1.165) is 6.26 Å². The van der Waals surface area contributed by atoms with Crippen LogP contribution in [0.5, 0.6) is 5.88 Å². The van der Waals surface area contributed by atoms with Gasteiger partial charge in [-0.05, 0) is 36.2 Å². The van der Waals surface area contributed by atoms with Gasteiger partial charge in [-0.1, -0.05) is 17.7 Å². The molecule has 29 heavy (non-hydrogen) atoms. The standard InChI is InChI=1S/C19H24ClFN4O3S/c1-3-22-19(23-8-9-28-18-7-5-16(20)12-24-18)25-11-15-10-17(21)6-4-14(15)13-29(2,26)27/h4-7,10,12H,3,8-9,11,13H2,1-2H3,(H2,22,23,25). The van der Waals surface area contributed by atoms with Crippen LogP contribution in [0.25, 0.3) is 0 Å². The molecule has 0 fully saturated rings. The Morgan fingerprint density at radius 1 is 1.24 bits per heavy atom. The zero-order valence-corrected chi connectivity index (χ0v) is 17.9. The Hall–Kier alpha value is -2.39. The van der Waals surface area contributed by atoms with Crippen LogP contribution < -0.4 is 15.4 Å². The summed E-state index contributed by atoms with van der Waals surface area (Å²) in [6, 6.07) is 7.40. The fraction of sp³-hybridized carbons (Fsp3) is 0.368. The summed E-state index contributed by atoms with van der Waals surface area (Å²) < 4.78 is 42.4. The second kappa shape index (κ2) is 11.0. The van der Waals surface area contributed by atoms with E-state index in [1.165, 1.54) is 24.4 Å². The van der Waals surface area contributed by atoms with E-state index in [-0.39, 0.29) is 12.3 Å². The van der Waals surface area contributed by atoms with Gasteiger partial charge in [0.2, 0.25) is 5.88 Å². The van der Waals surface area contributed by atoms with Gasteiger partial charge >= 0.3 is 0 Å². The molecule has 0 atom stereocenters. The van der Waals surface area contributed by atoms with Crippen molar-refractivity contribution in [3.63, 3.8) is 0 Å². The molecule has 0 saturated heterocycles. The van der Waals surface area contributed by atoms with Gasteiger partial charge < -0.3 is 15.4 Å². The molecule has 0 aliphatic carbocycles. The van der Waals surface area contributed by atoms with Crippen LogP contribution in [-0.4, -0.2) is 45.3 Å². The molecule has 158 valence electrons. The molecule has 1 heterocycles. The van der Waals surface area contributed by atoms with Crippen molar-refractivity contribution >= 4 is 27.4 Å². The molecule has 1 aromatic heterocycles. The summed E-state index contributed by atoms with van der Waals surface area (Å²) in [6.07, 6.45) is 2.65. The minimum atomic E-state index is -3.24. The van der Waals surface area contributed by atoms with Crippen molar-refractivity contribution in [3.8, 4) is 5.88 Å². The van der Waals surface area contributed by atoms with E-state index in [2.05, 4.69) is 20.6 Å². The van der Waals surface area contributed by atoms with E-state index >= 15 is 0 Å². The summed E-state index contributed by atoms with van der Waals surface area (Å²) in [5.41, 5.74) is 1.06. The Kier molecular flexibility index (Phi) is 8.66. The molecule has 0 radical (unpaired) electrons. The summed E-state index contributed by atoms with van der Waals surface area (Å²) in [4.78, 5) is 8.46. The number of guanidine groups is 1. The highest BCUT2D eigenvalue weighted by Gasteiger charge is 2.11. The lowest BCUT2D eigenvalue weighted by Crippen LogP contribution is -2.39. The number of aromatic nitrogens is 1. The molecule has 0 aliphatic heterocycles. The van der Waals surface area contributed by atoms with Crippen LogP contribution in [0.2, 0.25) is 5.02 Å². The lowest BCUT2D eigenvalue weighted by molar-refractivity contribution is 0.309. The number of nitrogens with zero attached hydrogens (tertiary/aromatic N) is 2. The number of aliphatic imine (C=N–C) groups is 1. The van der Waals surface area contributed by atoms with Crippen LogP contribution in [0.4, 0.5) is 4.39 Å². The molecule has 7 nitrogen and oxygen atoms in total. The lowest BCUT2D eigenvalue weighted by atomic mass is 10.1.